The van der Waals surface area contributed by atoms with Gasteiger partial charge in [-0.15, -0.1) is 0 Å². The lowest BCUT2D eigenvalue weighted by Crippen LogP contribution is -2.02. The summed E-state index contributed by atoms with van der Waals surface area (Å²) < 4.78 is 4.65. The Balaban J connectivity index is 1.12. The molecule has 0 saturated heterocycles. The Kier molecular flexibility index (Phi) is 11.8. The molecule has 13 aromatic rings. The highest BCUT2D eigenvalue weighted by Crippen LogP contribution is 2.46. The Bertz CT molecular complexity index is 4740. The minimum Gasteiger partial charge on any atom is -0.310 e. The molecular weight excluding hydrogens is 975 g/mol. The molecule has 0 atom stereocenters. The quantitative estimate of drug-likeness (QED) is 0.140. The lowest BCUT2D eigenvalue weighted by Gasteiger charge is -2.21. The van der Waals surface area contributed by atoms with Crippen molar-refractivity contribution in [1.29, 1.82) is 5.26 Å². The monoisotopic (exact) mass is 1020 g/mol. The van der Waals surface area contributed by atoms with E-state index in [0.717, 1.165) is 133 Å². The number of benzene rings is 11. The third kappa shape index (κ3) is 8.19. The third-order valence-corrected chi connectivity index (χ3v) is 15.4. The predicted molar refractivity (Wildman–Crippen MR) is 327 cm³/mol. The molecule has 0 N–H and O–H groups in total. The summed E-state index contributed by atoms with van der Waals surface area (Å²) in [6.07, 6.45) is 0. The zero-order chi connectivity index (χ0) is 54.6. The fraction of sp³-hybridized carbons (Fsp3) is 0.0274. The Hall–Kier alpha value is -11.5. The van der Waals surface area contributed by atoms with E-state index in [9.17, 15) is 5.26 Å². The molecule has 7 nitrogen and oxygen atoms in total. The fourth-order valence-corrected chi connectivity index (χ4v) is 11.7. The molecule has 0 radical (unpaired) electrons. The lowest BCUT2D eigenvalue weighted by atomic mass is 9.91. The number of aromatic nitrogens is 2. The number of hydrogen-bond donors (Lipinski definition) is 0. The second-order valence-corrected chi connectivity index (χ2v) is 20.1. The molecule has 0 aliphatic rings. The van der Waals surface area contributed by atoms with Crippen LogP contribution in [0.3, 0.4) is 0 Å². The molecule has 0 fully saturated rings. The number of rotatable bonds is 8. The molecule has 0 saturated carbocycles. The number of nitriles is 1. The van der Waals surface area contributed by atoms with Gasteiger partial charge in [-0.1, -0.05) is 127 Å². The largest absolute Gasteiger partial charge is 0.310 e. The van der Waals surface area contributed by atoms with E-state index in [1.165, 1.54) is 0 Å². The number of aryl methyl sites for hydroxylation is 2. The highest BCUT2D eigenvalue weighted by molar-refractivity contribution is 6.14. The summed E-state index contributed by atoms with van der Waals surface area (Å²) in [5.74, 6) is 0. The second-order valence-electron chi connectivity index (χ2n) is 20.1. The predicted octanol–water partition coefficient (Wildman–Crippen LogP) is 20.6. The smallest absolute Gasteiger partial charge is 0.189 e. The second kappa shape index (κ2) is 19.6. The van der Waals surface area contributed by atoms with Gasteiger partial charge >= 0.3 is 0 Å². The minimum absolute atomic E-state index is 0.491. The lowest BCUT2D eigenvalue weighted by molar-refractivity contribution is 1.16. The normalized spacial score (nSPS) is 11.1. The molecule has 0 spiro atoms. The van der Waals surface area contributed by atoms with Gasteiger partial charge in [-0.2, -0.15) is 5.26 Å². The van der Waals surface area contributed by atoms with Gasteiger partial charge < -0.3 is 9.13 Å². The molecule has 370 valence electrons. The average Bonchev–Trinajstić information content (AvgIpc) is 4.17. The van der Waals surface area contributed by atoms with Gasteiger partial charge in [0, 0.05) is 38.4 Å². The molecule has 0 bridgehead atoms. The Labute approximate surface area is 463 Å². The van der Waals surface area contributed by atoms with Crippen LogP contribution in [-0.4, -0.2) is 9.13 Å². The van der Waals surface area contributed by atoms with E-state index in [-0.39, 0.29) is 0 Å². The van der Waals surface area contributed by atoms with Crippen LogP contribution in [0.4, 0.5) is 22.7 Å². The third-order valence-electron chi connectivity index (χ3n) is 15.4. The van der Waals surface area contributed by atoms with Gasteiger partial charge in [-0.25, -0.2) is 19.4 Å². The summed E-state index contributed by atoms with van der Waals surface area (Å²) in [5, 5.41) is 13.9. The zero-order valence-corrected chi connectivity index (χ0v) is 43.5. The van der Waals surface area contributed by atoms with E-state index in [4.69, 9.17) is 26.3 Å². The summed E-state index contributed by atoms with van der Waals surface area (Å²) in [7, 11) is 0. The molecule has 0 aliphatic heterocycles. The van der Waals surface area contributed by atoms with E-state index in [0.29, 0.717) is 28.3 Å². The molecular formula is C73H43N7. The molecule has 80 heavy (non-hydrogen) atoms. The van der Waals surface area contributed by atoms with Crippen LogP contribution < -0.4 is 0 Å². The maximum absolute atomic E-state index is 9.91. The number of nitrogens with zero attached hydrogens (tertiary/aromatic N) is 7. The van der Waals surface area contributed by atoms with Gasteiger partial charge in [-0.05, 0) is 178 Å². The maximum atomic E-state index is 9.91. The molecule has 0 aliphatic carbocycles. The standard InChI is InChI=1S/C73H43N7/c1-45-12-7-13-46(2)73(45)56-26-33-67(79-68-29-23-53(49-16-9-19-57(35-49)75-3)39-63(68)64-40-54(24-30-69(64)79)50-17-10-20-58(36-50)76-4)62(42-56)61-28-27-60(78-6)43-72(61)80-70-31-22-52(48-15-8-14-47(34-48)44-74)38-65(70)66-41-55(25-32-71(66)80)51-18-11-21-59(37-51)77-5/h7-43H,1-2H3. The van der Waals surface area contributed by atoms with Crippen molar-refractivity contribution in [3.05, 3.63) is 287 Å². The molecule has 2 aromatic heterocycles. The van der Waals surface area contributed by atoms with Crippen molar-refractivity contribution in [3.8, 4) is 84.2 Å². The van der Waals surface area contributed by atoms with Crippen LogP contribution in [0.2, 0.25) is 0 Å². The fourth-order valence-electron chi connectivity index (χ4n) is 11.7. The van der Waals surface area contributed by atoms with Gasteiger partial charge in [0.05, 0.1) is 65.7 Å². The van der Waals surface area contributed by atoms with Gasteiger partial charge in [-0.3, -0.25) is 0 Å². The van der Waals surface area contributed by atoms with Crippen molar-refractivity contribution in [2.24, 2.45) is 0 Å². The van der Waals surface area contributed by atoms with Crippen molar-refractivity contribution < 1.29 is 0 Å². The van der Waals surface area contributed by atoms with Gasteiger partial charge in [0.1, 0.15) is 0 Å². The first-order valence-corrected chi connectivity index (χ1v) is 26.1. The highest BCUT2D eigenvalue weighted by atomic mass is 15.0. The van der Waals surface area contributed by atoms with Crippen molar-refractivity contribution in [1.82, 2.24) is 9.13 Å². The highest BCUT2D eigenvalue weighted by Gasteiger charge is 2.24. The van der Waals surface area contributed by atoms with Crippen LogP contribution in [0.15, 0.2) is 224 Å². The van der Waals surface area contributed by atoms with Crippen LogP contribution >= 0.6 is 0 Å². The van der Waals surface area contributed by atoms with E-state index in [1.807, 2.05) is 109 Å². The summed E-state index contributed by atoms with van der Waals surface area (Å²) in [6.45, 7) is 36.2. The van der Waals surface area contributed by atoms with Crippen LogP contribution in [0.1, 0.15) is 16.7 Å². The average molecular weight is 1020 g/mol. The number of hydrogen-bond acceptors (Lipinski definition) is 1. The summed E-state index contributed by atoms with van der Waals surface area (Å²) in [6, 6.07) is 78.4. The maximum Gasteiger partial charge on any atom is 0.189 e. The van der Waals surface area contributed by atoms with Crippen molar-refractivity contribution in [3.63, 3.8) is 0 Å². The Morgan fingerprint density at radius 1 is 0.325 bits per heavy atom. The SMILES string of the molecule is [C-]#[N+]c1cccc(-c2ccc3c(c2)c2cc(-c4cccc([N+]#[C-])c4)ccc2n3-c2ccc(-c3c(C)cccc3C)cc2-c2ccc([N+]#[C-])cc2-n2c3ccc(-c4cccc(C#N)c4)cc3c3cc(-c4cccc([N+]#[C-])c4)ccc32)c1. The zero-order valence-electron chi connectivity index (χ0n) is 43.5. The topological polar surface area (TPSA) is 51.1 Å². The molecule has 11 aromatic carbocycles. The number of fused-ring (bicyclic) bond motifs is 6. The van der Waals surface area contributed by atoms with E-state index in [2.05, 4.69) is 164 Å². The van der Waals surface area contributed by atoms with Crippen molar-refractivity contribution >= 4 is 66.4 Å². The van der Waals surface area contributed by atoms with Gasteiger partial charge in [0.25, 0.3) is 0 Å². The molecule has 0 amide bonds. The van der Waals surface area contributed by atoms with Gasteiger partial charge in [0.15, 0.2) is 22.7 Å². The molecule has 13 rings (SSSR count). The summed E-state index contributed by atoms with van der Waals surface area (Å²) >= 11 is 0. The first kappa shape index (κ1) is 48.1. The van der Waals surface area contributed by atoms with Gasteiger partial charge in [0.2, 0.25) is 0 Å². The van der Waals surface area contributed by atoms with Crippen LogP contribution in [0.25, 0.3) is 141 Å². The molecule has 7 heteroatoms. The van der Waals surface area contributed by atoms with Crippen LogP contribution in [0.5, 0.6) is 0 Å². The first-order valence-electron chi connectivity index (χ1n) is 26.1. The van der Waals surface area contributed by atoms with E-state index >= 15 is 0 Å². The first-order chi connectivity index (χ1) is 39.2. The summed E-state index contributed by atoms with van der Waals surface area (Å²) in [5.41, 5.74) is 22.4. The Morgan fingerprint density at radius 2 is 0.700 bits per heavy atom. The summed E-state index contributed by atoms with van der Waals surface area (Å²) in [4.78, 5) is 15.3. The van der Waals surface area contributed by atoms with Crippen molar-refractivity contribution in [2.45, 2.75) is 13.8 Å². The van der Waals surface area contributed by atoms with E-state index in [1.54, 1.807) is 0 Å². The van der Waals surface area contributed by atoms with Crippen LogP contribution in [0, 0.1) is 51.5 Å². The van der Waals surface area contributed by atoms with E-state index < -0.39 is 0 Å². The van der Waals surface area contributed by atoms with Crippen molar-refractivity contribution in [2.75, 3.05) is 0 Å². The van der Waals surface area contributed by atoms with Crippen LogP contribution in [-0.2, 0) is 0 Å². The Morgan fingerprint density at radius 3 is 1.14 bits per heavy atom. The minimum atomic E-state index is 0.491. The molecule has 2 heterocycles. The molecule has 0 unspecified atom stereocenters.